The van der Waals surface area contributed by atoms with Crippen LogP contribution in [0.15, 0.2) is 48.0 Å². The zero-order valence-corrected chi connectivity index (χ0v) is 22.0. The van der Waals surface area contributed by atoms with E-state index < -0.39 is 5.91 Å². The zero-order valence-electron chi connectivity index (χ0n) is 21.2. The lowest BCUT2D eigenvalue weighted by molar-refractivity contribution is -0.112. The Morgan fingerprint density at radius 2 is 1.78 bits per heavy atom. The van der Waals surface area contributed by atoms with Crippen LogP contribution >= 0.6 is 11.3 Å². The van der Waals surface area contributed by atoms with Gasteiger partial charge in [-0.3, -0.25) is 10.1 Å². The number of ether oxygens (including phenoxy) is 4. The summed E-state index contributed by atoms with van der Waals surface area (Å²) in [6.07, 6.45) is 4.36. The average molecular weight is 523 g/mol. The smallest absolute Gasteiger partial charge is 0.268 e. The maximum Gasteiger partial charge on any atom is 0.268 e. The number of carbonyl (C=O) groups excluding carboxylic acids is 1. The largest absolute Gasteiger partial charge is 0.497 e. The third-order valence-electron chi connectivity index (χ3n) is 5.04. The number of hydrogen-bond donors (Lipinski definition) is 1. The summed E-state index contributed by atoms with van der Waals surface area (Å²) >= 11 is 1.31. The summed E-state index contributed by atoms with van der Waals surface area (Å²) in [5, 5.41) is 21.5. The summed E-state index contributed by atoms with van der Waals surface area (Å²) in [5.74, 6) is 1.96. The van der Waals surface area contributed by atoms with Crippen molar-refractivity contribution in [1.29, 1.82) is 5.26 Å². The first kappa shape index (κ1) is 27.5. The van der Waals surface area contributed by atoms with E-state index in [1.807, 2.05) is 37.3 Å². The molecular formula is C27H30N4O5S. The number of aryl methyl sites for hydroxylation is 1. The van der Waals surface area contributed by atoms with Crippen LogP contribution in [-0.2, 0) is 11.2 Å². The van der Waals surface area contributed by atoms with Crippen LogP contribution in [0.2, 0.25) is 0 Å². The summed E-state index contributed by atoms with van der Waals surface area (Å²) in [5.41, 5.74) is 0.562. The van der Waals surface area contributed by atoms with Gasteiger partial charge in [-0.15, -0.1) is 10.2 Å². The summed E-state index contributed by atoms with van der Waals surface area (Å²) in [6.45, 7) is 5.03. The second kappa shape index (κ2) is 14.5. The van der Waals surface area contributed by atoms with Crippen LogP contribution in [0.4, 0.5) is 5.13 Å². The molecule has 1 heterocycles. The van der Waals surface area contributed by atoms with Crippen LogP contribution < -0.4 is 24.3 Å². The molecule has 2 aromatic carbocycles. The Hall–Kier alpha value is -4.10. The molecular weight excluding hydrogens is 492 g/mol. The molecule has 3 rings (SSSR count). The molecule has 0 aliphatic carbocycles. The number of carbonyl (C=O) groups is 1. The Labute approximate surface area is 220 Å². The molecule has 0 saturated heterocycles. The highest BCUT2D eigenvalue weighted by atomic mass is 32.1. The molecule has 0 aliphatic rings. The van der Waals surface area contributed by atoms with E-state index in [1.165, 1.54) is 17.4 Å². The molecule has 0 saturated carbocycles. The molecule has 0 bridgehead atoms. The van der Waals surface area contributed by atoms with E-state index in [9.17, 15) is 10.1 Å². The summed E-state index contributed by atoms with van der Waals surface area (Å²) in [7, 11) is 1.61. The summed E-state index contributed by atoms with van der Waals surface area (Å²) in [4.78, 5) is 12.6. The number of aromatic nitrogens is 2. The van der Waals surface area contributed by atoms with Crippen LogP contribution in [0.1, 0.15) is 37.3 Å². The molecule has 37 heavy (non-hydrogen) atoms. The number of nitrogens with one attached hydrogen (secondary N) is 1. The van der Waals surface area contributed by atoms with Gasteiger partial charge in [0.1, 0.15) is 41.4 Å². The van der Waals surface area contributed by atoms with Crippen molar-refractivity contribution in [1.82, 2.24) is 10.2 Å². The Kier molecular flexibility index (Phi) is 10.7. The molecule has 0 spiro atoms. The van der Waals surface area contributed by atoms with E-state index in [0.717, 1.165) is 30.0 Å². The monoisotopic (exact) mass is 522 g/mol. The summed E-state index contributed by atoms with van der Waals surface area (Å²) < 4.78 is 22.4. The van der Waals surface area contributed by atoms with Crippen LogP contribution in [-0.4, -0.2) is 43.0 Å². The van der Waals surface area contributed by atoms with Crippen molar-refractivity contribution in [2.24, 2.45) is 0 Å². The van der Waals surface area contributed by atoms with Crippen LogP contribution in [0.3, 0.4) is 0 Å². The molecule has 0 fully saturated rings. The Morgan fingerprint density at radius 1 is 1.03 bits per heavy atom. The normalized spacial score (nSPS) is 10.9. The van der Waals surface area contributed by atoms with Gasteiger partial charge in [0, 0.05) is 6.42 Å². The lowest BCUT2D eigenvalue weighted by atomic mass is 10.1. The highest BCUT2D eigenvalue weighted by Gasteiger charge is 2.14. The zero-order chi connectivity index (χ0) is 26.5. The molecule has 1 N–H and O–H groups in total. The standard InChI is InChI=1S/C27H30N4O5S/c1-4-6-7-25-30-31-27(37-25)29-26(32)20(18-28)16-19-8-13-23(24(17-19)34-5-2)36-15-14-35-22-11-9-21(33-3)10-12-22/h8-13,16-17H,4-7,14-15H2,1-3H3,(H,29,31,32)/b20-16-. The van der Waals surface area contributed by atoms with Gasteiger partial charge in [-0.25, -0.2) is 0 Å². The minimum absolute atomic E-state index is 0.0608. The van der Waals surface area contributed by atoms with Gasteiger partial charge in [-0.1, -0.05) is 30.7 Å². The number of benzene rings is 2. The van der Waals surface area contributed by atoms with Crippen molar-refractivity contribution in [3.63, 3.8) is 0 Å². The van der Waals surface area contributed by atoms with Gasteiger partial charge in [0.05, 0.1) is 13.7 Å². The maximum absolute atomic E-state index is 12.6. The van der Waals surface area contributed by atoms with E-state index in [4.69, 9.17) is 18.9 Å². The number of methoxy groups -OCH3 is 1. The second-order valence-electron chi connectivity index (χ2n) is 7.74. The number of amides is 1. The van der Waals surface area contributed by atoms with Crippen LogP contribution in [0.5, 0.6) is 23.0 Å². The van der Waals surface area contributed by atoms with E-state index in [0.29, 0.717) is 47.8 Å². The molecule has 0 radical (unpaired) electrons. The number of hydrogen-bond acceptors (Lipinski definition) is 9. The second-order valence-corrected chi connectivity index (χ2v) is 8.80. The maximum atomic E-state index is 12.6. The van der Waals surface area contributed by atoms with E-state index in [1.54, 1.807) is 25.3 Å². The van der Waals surface area contributed by atoms with Crippen molar-refractivity contribution in [2.45, 2.75) is 33.1 Å². The van der Waals surface area contributed by atoms with Crippen molar-refractivity contribution in [3.8, 4) is 29.1 Å². The average Bonchev–Trinajstić information content (AvgIpc) is 3.36. The molecule has 0 atom stereocenters. The number of unbranched alkanes of at least 4 members (excludes halogenated alkanes) is 1. The van der Waals surface area contributed by atoms with Gasteiger partial charge in [0.25, 0.3) is 5.91 Å². The first-order chi connectivity index (χ1) is 18.1. The molecule has 194 valence electrons. The fourth-order valence-electron chi connectivity index (χ4n) is 3.20. The van der Waals surface area contributed by atoms with Crippen molar-refractivity contribution in [2.75, 3.05) is 32.2 Å². The van der Waals surface area contributed by atoms with Gasteiger partial charge in [-0.2, -0.15) is 5.26 Å². The number of rotatable bonds is 14. The fraction of sp³-hybridized carbons (Fsp3) is 0.333. The SMILES string of the molecule is CCCCc1nnc(NC(=O)/C(C#N)=C\c2ccc(OCCOc3ccc(OC)cc3)c(OCC)c2)s1. The van der Waals surface area contributed by atoms with Crippen molar-refractivity contribution < 1.29 is 23.7 Å². The topological polar surface area (TPSA) is 116 Å². The predicted octanol–water partition coefficient (Wildman–Crippen LogP) is 5.29. The molecule has 0 aliphatic heterocycles. The Morgan fingerprint density at radius 3 is 2.49 bits per heavy atom. The summed E-state index contributed by atoms with van der Waals surface area (Å²) in [6, 6.07) is 14.5. The molecule has 10 heteroatoms. The van der Waals surface area contributed by atoms with Gasteiger partial charge in [-0.05, 0) is 61.4 Å². The minimum atomic E-state index is -0.547. The highest BCUT2D eigenvalue weighted by Crippen LogP contribution is 2.30. The minimum Gasteiger partial charge on any atom is -0.497 e. The van der Waals surface area contributed by atoms with Gasteiger partial charge in [0.15, 0.2) is 11.5 Å². The fourth-order valence-corrected chi connectivity index (χ4v) is 3.97. The lowest BCUT2D eigenvalue weighted by Gasteiger charge is -2.13. The lowest BCUT2D eigenvalue weighted by Crippen LogP contribution is -2.13. The number of nitriles is 1. The quantitative estimate of drug-likeness (QED) is 0.172. The number of nitrogens with zero attached hydrogens (tertiary/aromatic N) is 3. The third-order valence-corrected chi connectivity index (χ3v) is 5.94. The van der Waals surface area contributed by atoms with Gasteiger partial charge >= 0.3 is 0 Å². The van der Waals surface area contributed by atoms with Gasteiger partial charge < -0.3 is 18.9 Å². The number of anilines is 1. The van der Waals surface area contributed by atoms with Crippen molar-refractivity contribution in [3.05, 3.63) is 58.6 Å². The Balaban J connectivity index is 1.61. The highest BCUT2D eigenvalue weighted by molar-refractivity contribution is 7.15. The first-order valence-corrected chi connectivity index (χ1v) is 12.8. The molecule has 1 aromatic heterocycles. The van der Waals surface area contributed by atoms with Crippen LogP contribution in [0.25, 0.3) is 6.08 Å². The van der Waals surface area contributed by atoms with Crippen LogP contribution in [0, 0.1) is 11.3 Å². The molecule has 9 nitrogen and oxygen atoms in total. The third kappa shape index (κ3) is 8.51. The predicted molar refractivity (Wildman–Crippen MR) is 142 cm³/mol. The Bertz CT molecular complexity index is 1230. The van der Waals surface area contributed by atoms with E-state index in [2.05, 4.69) is 22.4 Å². The van der Waals surface area contributed by atoms with E-state index >= 15 is 0 Å². The molecule has 0 unspecified atom stereocenters. The van der Waals surface area contributed by atoms with Gasteiger partial charge in [0.2, 0.25) is 5.13 Å². The first-order valence-electron chi connectivity index (χ1n) is 12.0. The van der Waals surface area contributed by atoms with Crippen molar-refractivity contribution >= 4 is 28.5 Å². The molecule has 3 aromatic rings. The molecule has 1 amide bonds. The van der Waals surface area contributed by atoms with E-state index in [-0.39, 0.29) is 5.57 Å².